The lowest BCUT2D eigenvalue weighted by atomic mass is 10.1. The highest BCUT2D eigenvalue weighted by Crippen LogP contribution is 2.25. The average Bonchev–Trinajstić information content (AvgIpc) is 2.86. The van der Waals surface area contributed by atoms with Gasteiger partial charge in [0.2, 0.25) is 5.91 Å². The number of nitrogens with two attached hydrogens (primary N) is 1. The summed E-state index contributed by atoms with van der Waals surface area (Å²) in [6.07, 6.45) is 0. The Labute approximate surface area is 119 Å². The van der Waals surface area contributed by atoms with E-state index in [1.807, 2.05) is 6.92 Å². The Morgan fingerprint density at radius 2 is 2.15 bits per heavy atom. The maximum atomic E-state index is 11.1. The fourth-order valence-electron chi connectivity index (χ4n) is 1.76. The fourth-order valence-corrected chi connectivity index (χ4v) is 2.52. The summed E-state index contributed by atoms with van der Waals surface area (Å²) in [5.41, 5.74) is 7.43. The smallest absolute Gasteiger partial charge is 0.324 e. The molecule has 1 heterocycles. The number of carbonyl (C=O) groups is 1. The monoisotopic (exact) mass is 291 g/mol. The highest BCUT2D eigenvalue weighted by atomic mass is 32.1. The molecule has 7 heteroatoms. The van der Waals surface area contributed by atoms with E-state index in [1.165, 1.54) is 6.07 Å². The minimum absolute atomic E-state index is 0.127. The molecule has 6 nitrogen and oxygen atoms in total. The Balaban J connectivity index is 2.06. The number of benzene rings is 1. The lowest BCUT2D eigenvalue weighted by Gasteiger charge is -2.09. The normalized spacial score (nSPS) is 10.2. The van der Waals surface area contributed by atoms with Gasteiger partial charge >= 0.3 is 5.00 Å². The number of hydrogen-bond acceptors (Lipinski definition) is 5. The molecular formula is C13H13N3O3S. The molecule has 0 aliphatic carbocycles. The van der Waals surface area contributed by atoms with Gasteiger partial charge in [-0.1, -0.05) is 11.3 Å². The molecule has 2 aromatic rings. The van der Waals surface area contributed by atoms with Gasteiger partial charge in [-0.15, -0.1) is 0 Å². The molecule has 104 valence electrons. The summed E-state index contributed by atoms with van der Waals surface area (Å²) in [5.74, 6) is -0.464. The molecule has 2 rings (SSSR count). The molecule has 0 saturated heterocycles. The Hall–Kier alpha value is -2.41. The number of hydrogen-bond donors (Lipinski definition) is 2. The van der Waals surface area contributed by atoms with Crippen molar-refractivity contribution in [3.05, 3.63) is 56.5 Å². The molecule has 0 spiro atoms. The first-order valence-corrected chi connectivity index (χ1v) is 6.66. The summed E-state index contributed by atoms with van der Waals surface area (Å²) in [4.78, 5) is 22.1. The van der Waals surface area contributed by atoms with E-state index in [0.717, 1.165) is 27.5 Å². The first-order valence-electron chi connectivity index (χ1n) is 5.85. The van der Waals surface area contributed by atoms with Gasteiger partial charge in [0.1, 0.15) is 0 Å². The van der Waals surface area contributed by atoms with Crippen LogP contribution in [-0.2, 0) is 6.54 Å². The molecule has 1 aromatic carbocycles. The van der Waals surface area contributed by atoms with Gasteiger partial charge in [-0.25, -0.2) is 0 Å². The molecule has 0 fully saturated rings. The molecule has 0 unspecified atom stereocenters. The minimum Gasteiger partial charge on any atom is -0.380 e. The van der Waals surface area contributed by atoms with E-state index in [9.17, 15) is 14.9 Å². The Morgan fingerprint density at radius 1 is 1.40 bits per heavy atom. The Bertz CT molecular complexity index is 667. The fraction of sp³-hybridized carbons (Fsp3) is 0.154. The van der Waals surface area contributed by atoms with E-state index in [4.69, 9.17) is 5.73 Å². The third kappa shape index (κ3) is 3.12. The van der Waals surface area contributed by atoms with Crippen molar-refractivity contribution in [1.29, 1.82) is 0 Å². The number of nitrogens with one attached hydrogen (secondary N) is 1. The van der Waals surface area contributed by atoms with Crippen LogP contribution in [0, 0.1) is 17.0 Å². The van der Waals surface area contributed by atoms with E-state index in [-0.39, 0.29) is 5.00 Å². The first-order chi connectivity index (χ1) is 9.47. The van der Waals surface area contributed by atoms with Crippen LogP contribution in [0.3, 0.4) is 0 Å². The van der Waals surface area contributed by atoms with Gasteiger partial charge in [0.25, 0.3) is 0 Å². The van der Waals surface area contributed by atoms with Crippen LogP contribution in [0.2, 0.25) is 0 Å². The number of carbonyl (C=O) groups excluding carboxylic acids is 1. The van der Waals surface area contributed by atoms with Crippen molar-refractivity contribution in [3.8, 4) is 0 Å². The van der Waals surface area contributed by atoms with E-state index in [1.54, 1.807) is 24.3 Å². The quantitative estimate of drug-likeness (QED) is 0.653. The lowest BCUT2D eigenvalue weighted by molar-refractivity contribution is -0.380. The minimum atomic E-state index is -0.464. The third-order valence-corrected chi connectivity index (χ3v) is 3.83. The van der Waals surface area contributed by atoms with Crippen LogP contribution in [0.5, 0.6) is 0 Å². The largest absolute Gasteiger partial charge is 0.380 e. The molecule has 20 heavy (non-hydrogen) atoms. The number of rotatable bonds is 5. The summed E-state index contributed by atoms with van der Waals surface area (Å²) in [7, 11) is 0. The van der Waals surface area contributed by atoms with Crippen molar-refractivity contribution in [2.24, 2.45) is 5.73 Å². The molecule has 0 saturated carbocycles. The topological polar surface area (TPSA) is 98.3 Å². The van der Waals surface area contributed by atoms with Gasteiger partial charge in [-0.2, -0.15) is 0 Å². The summed E-state index contributed by atoms with van der Waals surface area (Å²) in [6, 6.07) is 8.35. The van der Waals surface area contributed by atoms with Gasteiger partial charge in [0.15, 0.2) is 0 Å². The molecule has 0 aliphatic heterocycles. The predicted octanol–water partition coefficient (Wildman–Crippen LogP) is 2.68. The predicted molar refractivity (Wildman–Crippen MR) is 78.0 cm³/mol. The number of anilines is 1. The number of nitrogens with zero attached hydrogens (tertiary/aromatic N) is 1. The van der Waals surface area contributed by atoms with Crippen LogP contribution in [-0.4, -0.2) is 10.8 Å². The first kappa shape index (κ1) is 14.0. The standard InChI is InChI=1S/C13H13N3O3S/c1-8-6-9(13(14)17)2-4-11(8)15-7-10-3-5-12(20-10)16(18)19/h2-6,15H,7H2,1H3,(H2,14,17). The Kier molecular flexibility index (Phi) is 3.99. The van der Waals surface area contributed by atoms with Crippen molar-refractivity contribution < 1.29 is 9.72 Å². The number of aryl methyl sites for hydroxylation is 1. The van der Waals surface area contributed by atoms with Crippen LogP contribution in [0.4, 0.5) is 10.7 Å². The zero-order valence-electron chi connectivity index (χ0n) is 10.8. The molecule has 1 amide bonds. The Morgan fingerprint density at radius 3 is 2.70 bits per heavy atom. The van der Waals surface area contributed by atoms with Gasteiger partial charge < -0.3 is 11.1 Å². The molecule has 0 aliphatic rings. The number of amides is 1. The zero-order chi connectivity index (χ0) is 14.7. The van der Waals surface area contributed by atoms with Crippen LogP contribution in [0.15, 0.2) is 30.3 Å². The van der Waals surface area contributed by atoms with Gasteiger partial charge in [0, 0.05) is 28.7 Å². The van der Waals surface area contributed by atoms with E-state index in [2.05, 4.69) is 5.32 Å². The molecule has 1 aromatic heterocycles. The number of primary amides is 1. The highest BCUT2D eigenvalue weighted by molar-refractivity contribution is 7.15. The van der Waals surface area contributed by atoms with Gasteiger partial charge in [0.05, 0.1) is 4.92 Å². The van der Waals surface area contributed by atoms with Gasteiger partial charge in [-0.3, -0.25) is 14.9 Å². The lowest BCUT2D eigenvalue weighted by Crippen LogP contribution is -2.11. The maximum absolute atomic E-state index is 11.1. The summed E-state index contributed by atoms with van der Waals surface area (Å²) in [5, 5.41) is 13.9. The van der Waals surface area contributed by atoms with Crippen molar-refractivity contribution in [1.82, 2.24) is 0 Å². The molecule has 0 radical (unpaired) electrons. The third-order valence-electron chi connectivity index (χ3n) is 2.79. The van der Waals surface area contributed by atoms with E-state index < -0.39 is 10.8 Å². The summed E-state index contributed by atoms with van der Waals surface area (Å²) >= 11 is 1.14. The second-order valence-corrected chi connectivity index (χ2v) is 5.39. The van der Waals surface area contributed by atoms with Crippen LogP contribution in [0.25, 0.3) is 0 Å². The second-order valence-electron chi connectivity index (χ2n) is 4.24. The van der Waals surface area contributed by atoms with Crippen LogP contribution < -0.4 is 11.1 Å². The molecular weight excluding hydrogens is 278 g/mol. The zero-order valence-corrected chi connectivity index (χ0v) is 11.6. The summed E-state index contributed by atoms with van der Waals surface area (Å²) in [6.45, 7) is 2.36. The average molecular weight is 291 g/mol. The van der Waals surface area contributed by atoms with Crippen molar-refractivity contribution >= 4 is 27.9 Å². The van der Waals surface area contributed by atoms with Crippen molar-refractivity contribution in [3.63, 3.8) is 0 Å². The molecule has 3 N–H and O–H groups in total. The van der Waals surface area contributed by atoms with Gasteiger partial charge in [-0.05, 0) is 36.8 Å². The second kappa shape index (κ2) is 5.70. The van der Waals surface area contributed by atoms with Crippen molar-refractivity contribution in [2.45, 2.75) is 13.5 Å². The number of nitro groups is 1. The van der Waals surface area contributed by atoms with Crippen molar-refractivity contribution in [2.75, 3.05) is 5.32 Å². The number of thiophene rings is 1. The van der Waals surface area contributed by atoms with Crippen LogP contribution in [0.1, 0.15) is 20.8 Å². The SMILES string of the molecule is Cc1cc(C(N)=O)ccc1NCc1ccc([N+](=O)[O-])s1. The van der Waals surface area contributed by atoms with Crippen LogP contribution >= 0.6 is 11.3 Å². The van der Waals surface area contributed by atoms with E-state index >= 15 is 0 Å². The maximum Gasteiger partial charge on any atom is 0.324 e. The molecule has 0 bridgehead atoms. The highest BCUT2D eigenvalue weighted by Gasteiger charge is 2.10. The molecule has 0 atom stereocenters. The summed E-state index contributed by atoms with van der Waals surface area (Å²) < 4.78 is 0. The van der Waals surface area contributed by atoms with E-state index in [0.29, 0.717) is 12.1 Å².